The predicted molar refractivity (Wildman–Crippen MR) is 171 cm³/mol. The lowest BCUT2D eigenvalue weighted by Gasteiger charge is -2.58. The molecule has 3 saturated carbocycles. The standard InChI is InChI=1S/C36H65N3O2/c1-6-27(26(2)3)11-9-12-28-14-16-32-31-15-13-29-25-30(17-19-36(29,5)33(31)18-20-35(28,32)4)41-34(40)39(24-10-22-38)23-8-7-21-37/h13,26-28,30-33H,6-12,14-25,37-38H2,1-5H3. The van der Waals surface area contributed by atoms with Gasteiger partial charge < -0.3 is 21.1 Å². The molecular formula is C36H65N3O2. The second kappa shape index (κ2) is 14.6. The first-order chi connectivity index (χ1) is 19.7. The molecule has 0 saturated heterocycles. The van der Waals surface area contributed by atoms with Crippen LogP contribution in [0.1, 0.15) is 131 Å². The molecule has 0 bridgehead atoms. The maximum absolute atomic E-state index is 13.1. The van der Waals surface area contributed by atoms with E-state index >= 15 is 0 Å². The molecule has 5 nitrogen and oxygen atoms in total. The summed E-state index contributed by atoms with van der Waals surface area (Å²) >= 11 is 0. The summed E-state index contributed by atoms with van der Waals surface area (Å²) in [6.45, 7) is 15.1. The van der Waals surface area contributed by atoms with Gasteiger partial charge in [0.2, 0.25) is 0 Å². The van der Waals surface area contributed by atoms with E-state index in [1.807, 2.05) is 4.90 Å². The van der Waals surface area contributed by atoms with Crippen molar-refractivity contribution in [3.63, 3.8) is 0 Å². The van der Waals surface area contributed by atoms with E-state index in [4.69, 9.17) is 16.2 Å². The van der Waals surface area contributed by atoms with Gasteiger partial charge in [-0.1, -0.05) is 65.5 Å². The van der Waals surface area contributed by atoms with E-state index in [0.717, 1.165) is 74.0 Å². The number of allylic oxidation sites excluding steroid dienone is 1. The van der Waals surface area contributed by atoms with Gasteiger partial charge in [-0.15, -0.1) is 0 Å². The smallest absolute Gasteiger partial charge is 0.410 e. The molecule has 3 fully saturated rings. The summed E-state index contributed by atoms with van der Waals surface area (Å²) in [5, 5.41) is 0. The first-order valence-electron chi connectivity index (χ1n) is 17.7. The van der Waals surface area contributed by atoms with Crippen molar-refractivity contribution < 1.29 is 9.53 Å². The molecule has 4 rings (SSSR count). The minimum Gasteiger partial charge on any atom is -0.446 e. The average Bonchev–Trinajstić information content (AvgIpc) is 3.29. The van der Waals surface area contributed by atoms with Crippen LogP contribution in [0.4, 0.5) is 4.79 Å². The Kier molecular flexibility index (Phi) is 11.7. The summed E-state index contributed by atoms with van der Waals surface area (Å²) in [5.74, 6) is 5.20. The highest BCUT2D eigenvalue weighted by molar-refractivity contribution is 5.67. The van der Waals surface area contributed by atoms with E-state index in [1.165, 1.54) is 57.8 Å². The topological polar surface area (TPSA) is 81.6 Å². The van der Waals surface area contributed by atoms with Crippen molar-refractivity contribution in [1.82, 2.24) is 4.90 Å². The van der Waals surface area contributed by atoms with E-state index in [-0.39, 0.29) is 17.6 Å². The third-order valence-electron chi connectivity index (χ3n) is 12.9. The molecule has 8 unspecified atom stereocenters. The third kappa shape index (κ3) is 7.19. The van der Waals surface area contributed by atoms with Crippen molar-refractivity contribution in [2.24, 2.45) is 57.8 Å². The van der Waals surface area contributed by atoms with Crippen LogP contribution in [0.2, 0.25) is 0 Å². The lowest BCUT2D eigenvalue weighted by Crippen LogP contribution is -2.50. The van der Waals surface area contributed by atoms with Gasteiger partial charge >= 0.3 is 6.09 Å². The minimum absolute atomic E-state index is 0.00997. The summed E-state index contributed by atoms with van der Waals surface area (Å²) in [6.07, 6.45) is 20.8. The van der Waals surface area contributed by atoms with Crippen molar-refractivity contribution in [1.29, 1.82) is 0 Å². The summed E-state index contributed by atoms with van der Waals surface area (Å²) in [6, 6.07) is 0. The van der Waals surface area contributed by atoms with Crippen LogP contribution >= 0.6 is 0 Å². The summed E-state index contributed by atoms with van der Waals surface area (Å²) < 4.78 is 6.16. The number of fused-ring (bicyclic) bond motifs is 5. The van der Waals surface area contributed by atoms with Gasteiger partial charge in [0.15, 0.2) is 0 Å². The lowest BCUT2D eigenvalue weighted by atomic mass is 9.47. The monoisotopic (exact) mass is 572 g/mol. The Balaban J connectivity index is 1.36. The first kappa shape index (κ1) is 32.8. The van der Waals surface area contributed by atoms with E-state index < -0.39 is 0 Å². The molecule has 4 aliphatic carbocycles. The van der Waals surface area contributed by atoms with Crippen molar-refractivity contribution in [3.05, 3.63) is 11.6 Å². The van der Waals surface area contributed by atoms with Gasteiger partial charge in [0.05, 0.1) is 0 Å². The molecular weight excluding hydrogens is 506 g/mol. The lowest BCUT2D eigenvalue weighted by molar-refractivity contribution is -0.0535. The van der Waals surface area contributed by atoms with Crippen molar-refractivity contribution in [2.75, 3.05) is 26.2 Å². The zero-order chi connectivity index (χ0) is 29.6. The molecule has 0 spiro atoms. The first-order valence-corrected chi connectivity index (χ1v) is 17.7. The van der Waals surface area contributed by atoms with Crippen LogP contribution in [0, 0.1) is 46.3 Å². The molecule has 1 amide bonds. The number of ether oxygens (including phenoxy) is 1. The Morgan fingerprint density at radius 3 is 2.46 bits per heavy atom. The molecule has 0 aromatic heterocycles. The van der Waals surface area contributed by atoms with E-state index in [9.17, 15) is 4.79 Å². The molecule has 0 radical (unpaired) electrons. The molecule has 4 N–H and O–H groups in total. The number of amides is 1. The molecule has 5 heteroatoms. The van der Waals surface area contributed by atoms with E-state index in [0.29, 0.717) is 31.6 Å². The second-order valence-electron chi connectivity index (χ2n) is 15.3. The highest BCUT2D eigenvalue weighted by atomic mass is 16.6. The SMILES string of the molecule is CCC(CCCC1CCC2C3CC=C4CC(OC(=O)N(CCCN)CCCCN)CCC4(C)C3CCC12C)C(C)C. The van der Waals surface area contributed by atoms with Crippen LogP contribution in [-0.2, 0) is 4.74 Å². The van der Waals surface area contributed by atoms with Crippen molar-refractivity contribution in [3.8, 4) is 0 Å². The van der Waals surface area contributed by atoms with Crippen LogP contribution in [0.15, 0.2) is 11.6 Å². The second-order valence-corrected chi connectivity index (χ2v) is 15.3. The van der Waals surface area contributed by atoms with Crippen LogP contribution in [-0.4, -0.2) is 43.3 Å². The molecule has 0 aliphatic heterocycles. The van der Waals surface area contributed by atoms with Crippen molar-refractivity contribution in [2.45, 2.75) is 137 Å². The van der Waals surface area contributed by atoms with Crippen LogP contribution in [0.3, 0.4) is 0 Å². The van der Waals surface area contributed by atoms with Crippen LogP contribution in [0.5, 0.6) is 0 Å². The Labute approximate surface area is 253 Å². The third-order valence-corrected chi connectivity index (χ3v) is 12.9. The zero-order valence-corrected chi connectivity index (χ0v) is 27.5. The average molecular weight is 572 g/mol. The molecule has 236 valence electrons. The largest absolute Gasteiger partial charge is 0.446 e. The van der Waals surface area contributed by atoms with Gasteiger partial charge in [-0.05, 0) is 130 Å². The van der Waals surface area contributed by atoms with E-state index in [2.05, 4.69) is 40.7 Å². The Morgan fingerprint density at radius 2 is 1.76 bits per heavy atom. The number of hydrogen-bond acceptors (Lipinski definition) is 4. The Morgan fingerprint density at radius 1 is 1.00 bits per heavy atom. The molecule has 0 aromatic carbocycles. The van der Waals surface area contributed by atoms with Gasteiger partial charge in [0, 0.05) is 19.5 Å². The normalized spacial score (nSPS) is 35.3. The minimum atomic E-state index is -0.151. The number of unbranched alkanes of at least 4 members (excludes halogenated alkanes) is 1. The summed E-state index contributed by atoms with van der Waals surface area (Å²) in [4.78, 5) is 15.0. The van der Waals surface area contributed by atoms with Gasteiger partial charge in [-0.25, -0.2) is 4.79 Å². The zero-order valence-electron chi connectivity index (χ0n) is 27.5. The number of carbonyl (C=O) groups is 1. The fraction of sp³-hybridized carbons (Fsp3) is 0.917. The Hall–Kier alpha value is -1.07. The maximum atomic E-state index is 13.1. The highest BCUT2D eigenvalue weighted by Gasteiger charge is 2.58. The number of nitrogens with two attached hydrogens (primary N) is 2. The molecule has 4 aliphatic rings. The maximum Gasteiger partial charge on any atom is 0.410 e. The number of rotatable bonds is 14. The molecule has 0 aromatic rings. The van der Waals surface area contributed by atoms with Gasteiger partial charge in [-0.2, -0.15) is 0 Å². The van der Waals surface area contributed by atoms with Crippen LogP contribution in [0.25, 0.3) is 0 Å². The number of hydrogen-bond donors (Lipinski definition) is 2. The fourth-order valence-electron chi connectivity index (χ4n) is 10.2. The van der Waals surface area contributed by atoms with Gasteiger partial charge in [0.1, 0.15) is 6.10 Å². The number of carbonyl (C=O) groups excluding carboxylic acids is 1. The molecule has 41 heavy (non-hydrogen) atoms. The van der Waals surface area contributed by atoms with E-state index in [1.54, 1.807) is 5.57 Å². The summed E-state index contributed by atoms with van der Waals surface area (Å²) in [7, 11) is 0. The van der Waals surface area contributed by atoms with Gasteiger partial charge in [0.25, 0.3) is 0 Å². The fourth-order valence-corrected chi connectivity index (χ4v) is 10.2. The quantitative estimate of drug-likeness (QED) is 0.162. The Bertz CT molecular complexity index is 873. The van der Waals surface area contributed by atoms with Crippen molar-refractivity contribution >= 4 is 6.09 Å². The number of nitrogens with zero attached hydrogens (tertiary/aromatic N) is 1. The van der Waals surface area contributed by atoms with Crippen LogP contribution < -0.4 is 11.5 Å². The predicted octanol–water partition coefficient (Wildman–Crippen LogP) is 8.31. The molecule has 8 atom stereocenters. The van der Waals surface area contributed by atoms with Gasteiger partial charge in [-0.3, -0.25) is 0 Å². The molecule has 0 heterocycles. The summed E-state index contributed by atoms with van der Waals surface area (Å²) in [5.41, 5.74) is 13.9. The highest BCUT2D eigenvalue weighted by Crippen LogP contribution is 2.66.